The quantitative estimate of drug-likeness (QED) is 0.894. The molecule has 1 aliphatic heterocycles. The van der Waals surface area contributed by atoms with E-state index >= 15 is 0 Å². The number of nitrogens with one attached hydrogen (secondary N) is 1. The van der Waals surface area contributed by atoms with Gasteiger partial charge in [-0.05, 0) is 24.1 Å². The molecule has 2 rings (SSSR count). The van der Waals surface area contributed by atoms with E-state index in [4.69, 9.17) is 0 Å². The van der Waals surface area contributed by atoms with E-state index in [2.05, 4.69) is 10.2 Å². The summed E-state index contributed by atoms with van der Waals surface area (Å²) in [5.74, 6) is -1.55. The number of hydrogen-bond acceptors (Lipinski definition) is 4. The minimum absolute atomic E-state index is 0.216. The topological polar surface area (TPSA) is 49.4 Å². The van der Waals surface area contributed by atoms with Crippen LogP contribution >= 0.6 is 0 Å². The van der Waals surface area contributed by atoms with E-state index in [9.17, 15) is 17.2 Å². The lowest BCUT2D eigenvalue weighted by Crippen LogP contribution is -2.44. The van der Waals surface area contributed by atoms with Gasteiger partial charge in [-0.1, -0.05) is 0 Å². The van der Waals surface area contributed by atoms with Crippen LogP contribution in [0.2, 0.25) is 0 Å². The Morgan fingerprint density at radius 1 is 1.20 bits per heavy atom. The second kappa shape index (κ2) is 6.15. The van der Waals surface area contributed by atoms with Crippen LogP contribution in [0, 0.1) is 11.6 Å². The molecule has 1 aliphatic rings. The highest BCUT2D eigenvalue weighted by atomic mass is 32.2. The Morgan fingerprint density at radius 3 is 2.45 bits per heavy atom. The number of rotatable bonds is 4. The average Bonchev–Trinajstić information content (AvgIpc) is 2.39. The summed E-state index contributed by atoms with van der Waals surface area (Å²) in [6.45, 7) is 4.18. The van der Waals surface area contributed by atoms with Crippen LogP contribution in [-0.2, 0) is 16.3 Å². The summed E-state index contributed by atoms with van der Waals surface area (Å²) >= 11 is 0. The van der Waals surface area contributed by atoms with Crippen molar-refractivity contribution in [3.63, 3.8) is 0 Å². The second-order valence-electron chi connectivity index (χ2n) is 4.99. The molecule has 112 valence electrons. The Balaban J connectivity index is 2.11. The lowest BCUT2D eigenvalue weighted by Gasteiger charge is -2.27. The zero-order valence-corrected chi connectivity index (χ0v) is 12.1. The summed E-state index contributed by atoms with van der Waals surface area (Å²) in [6, 6.07) is 1.77. The zero-order valence-electron chi connectivity index (χ0n) is 11.3. The number of piperazine rings is 1. The van der Waals surface area contributed by atoms with Gasteiger partial charge in [0.05, 0.1) is 0 Å². The van der Waals surface area contributed by atoms with Crippen LogP contribution in [0.1, 0.15) is 5.56 Å². The van der Waals surface area contributed by atoms with Crippen molar-refractivity contribution in [1.82, 2.24) is 10.2 Å². The molecule has 0 aromatic heterocycles. The molecule has 0 bridgehead atoms. The number of halogens is 2. The molecule has 20 heavy (non-hydrogen) atoms. The van der Waals surface area contributed by atoms with Crippen LogP contribution in [0.15, 0.2) is 17.0 Å². The summed E-state index contributed by atoms with van der Waals surface area (Å²) in [5.41, 5.74) is 0.216. The molecule has 1 N–H and O–H groups in total. The maximum absolute atomic E-state index is 13.9. The molecule has 0 spiro atoms. The van der Waals surface area contributed by atoms with Crippen molar-refractivity contribution in [3.05, 3.63) is 29.3 Å². The molecule has 0 amide bonds. The third-order valence-corrected chi connectivity index (χ3v) is 4.52. The third-order valence-electron chi connectivity index (χ3n) is 3.41. The van der Waals surface area contributed by atoms with Crippen LogP contribution in [-0.4, -0.2) is 52.3 Å². The monoisotopic (exact) mass is 304 g/mol. The highest BCUT2D eigenvalue weighted by Crippen LogP contribution is 2.20. The van der Waals surface area contributed by atoms with Gasteiger partial charge in [0.2, 0.25) is 0 Å². The van der Waals surface area contributed by atoms with Crippen molar-refractivity contribution in [3.8, 4) is 0 Å². The van der Waals surface area contributed by atoms with Gasteiger partial charge in [0.1, 0.15) is 16.5 Å². The highest BCUT2D eigenvalue weighted by Gasteiger charge is 2.18. The van der Waals surface area contributed by atoms with Gasteiger partial charge in [-0.2, -0.15) is 0 Å². The predicted molar refractivity (Wildman–Crippen MR) is 72.5 cm³/mol. The summed E-state index contributed by atoms with van der Waals surface area (Å²) < 4.78 is 50.2. The van der Waals surface area contributed by atoms with Crippen molar-refractivity contribution >= 4 is 9.84 Å². The normalized spacial score (nSPS) is 17.4. The Bertz CT molecular complexity index is 584. The lowest BCUT2D eigenvalue weighted by atomic mass is 10.1. The SMILES string of the molecule is CS(=O)(=O)c1cc(F)c(CCN2CCNCC2)cc1F. The maximum Gasteiger partial charge on any atom is 0.178 e. The molecule has 0 unspecified atom stereocenters. The minimum atomic E-state index is -3.74. The summed E-state index contributed by atoms with van der Waals surface area (Å²) in [4.78, 5) is 1.58. The molecule has 0 radical (unpaired) electrons. The van der Waals surface area contributed by atoms with E-state index in [-0.39, 0.29) is 5.56 Å². The standard InChI is InChI=1S/C13H18F2N2O2S/c1-20(18,19)13-9-11(14)10(8-12(13)15)2-5-17-6-3-16-4-7-17/h8-9,16H,2-7H2,1H3. The Morgan fingerprint density at radius 2 is 1.85 bits per heavy atom. The van der Waals surface area contributed by atoms with Crippen LogP contribution in [0.25, 0.3) is 0 Å². The first-order chi connectivity index (χ1) is 9.38. The molecule has 1 saturated heterocycles. The smallest absolute Gasteiger partial charge is 0.178 e. The minimum Gasteiger partial charge on any atom is -0.314 e. The van der Waals surface area contributed by atoms with Crippen LogP contribution in [0.3, 0.4) is 0 Å². The number of sulfone groups is 1. The zero-order chi connectivity index (χ0) is 14.8. The molecule has 0 saturated carbocycles. The van der Waals surface area contributed by atoms with Crippen molar-refractivity contribution in [2.45, 2.75) is 11.3 Å². The molecular weight excluding hydrogens is 286 g/mol. The molecule has 4 nitrogen and oxygen atoms in total. The Hall–Kier alpha value is -1.05. The average molecular weight is 304 g/mol. The van der Waals surface area contributed by atoms with Crippen molar-refractivity contribution in [2.24, 2.45) is 0 Å². The Labute approximate surface area is 117 Å². The molecular formula is C13H18F2N2O2S. The van der Waals surface area contributed by atoms with Crippen molar-refractivity contribution in [2.75, 3.05) is 39.0 Å². The fraction of sp³-hybridized carbons (Fsp3) is 0.538. The van der Waals surface area contributed by atoms with Crippen molar-refractivity contribution in [1.29, 1.82) is 0 Å². The molecule has 1 fully saturated rings. The number of nitrogens with zero attached hydrogens (tertiary/aromatic N) is 1. The van der Waals surface area contributed by atoms with Crippen LogP contribution < -0.4 is 5.32 Å². The van der Waals surface area contributed by atoms with E-state index in [1.165, 1.54) is 0 Å². The molecule has 0 aliphatic carbocycles. The third kappa shape index (κ3) is 3.74. The summed E-state index contributed by atoms with van der Waals surface area (Å²) in [6.07, 6.45) is 1.23. The van der Waals surface area contributed by atoms with Gasteiger partial charge >= 0.3 is 0 Å². The van der Waals surface area contributed by atoms with E-state index < -0.39 is 26.4 Å². The fourth-order valence-corrected chi connectivity index (χ4v) is 2.99. The van der Waals surface area contributed by atoms with E-state index in [1.54, 1.807) is 0 Å². The number of hydrogen-bond donors (Lipinski definition) is 1. The molecule has 1 aromatic rings. The molecule has 7 heteroatoms. The van der Waals surface area contributed by atoms with E-state index in [1.807, 2.05) is 0 Å². The largest absolute Gasteiger partial charge is 0.314 e. The number of benzene rings is 1. The van der Waals surface area contributed by atoms with Crippen LogP contribution in [0.4, 0.5) is 8.78 Å². The van der Waals surface area contributed by atoms with Crippen molar-refractivity contribution < 1.29 is 17.2 Å². The summed E-state index contributed by atoms with van der Waals surface area (Å²) in [5, 5.41) is 3.22. The van der Waals surface area contributed by atoms with Gasteiger partial charge in [0.25, 0.3) is 0 Å². The van der Waals surface area contributed by atoms with Gasteiger partial charge in [-0.3, -0.25) is 0 Å². The first kappa shape index (κ1) is 15.3. The first-order valence-corrected chi connectivity index (χ1v) is 8.38. The first-order valence-electron chi connectivity index (χ1n) is 6.49. The Kier molecular flexibility index (Phi) is 4.72. The highest BCUT2D eigenvalue weighted by molar-refractivity contribution is 7.90. The summed E-state index contributed by atoms with van der Waals surface area (Å²) in [7, 11) is -3.74. The molecule has 0 atom stereocenters. The van der Waals surface area contributed by atoms with E-state index in [0.717, 1.165) is 44.6 Å². The van der Waals surface area contributed by atoms with Gasteiger partial charge in [0.15, 0.2) is 9.84 Å². The predicted octanol–water partition coefficient (Wildman–Crippen LogP) is 0.816. The molecule has 1 aromatic carbocycles. The fourth-order valence-electron chi connectivity index (χ4n) is 2.26. The second-order valence-corrected chi connectivity index (χ2v) is 6.97. The molecule has 1 heterocycles. The van der Waals surface area contributed by atoms with Gasteiger partial charge in [0, 0.05) is 39.0 Å². The van der Waals surface area contributed by atoms with Gasteiger partial charge in [-0.15, -0.1) is 0 Å². The van der Waals surface area contributed by atoms with Gasteiger partial charge < -0.3 is 10.2 Å². The van der Waals surface area contributed by atoms with E-state index in [0.29, 0.717) is 13.0 Å². The van der Waals surface area contributed by atoms with Gasteiger partial charge in [-0.25, -0.2) is 17.2 Å². The lowest BCUT2D eigenvalue weighted by molar-refractivity contribution is 0.243. The van der Waals surface area contributed by atoms with Crippen LogP contribution in [0.5, 0.6) is 0 Å². The maximum atomic E-state index is 13.9.